The van der Waals surface area contributed by atoms with Crippen molar-refractivity contribution in [3.05, 3.63) is 130 Å². The topological polar surface area (TPSA) is 65.3 Å². The Morgan fingerprint density at radius 2 is 0.741 bits per heavy atom. The van der Waals surface area contributed by atoms with Gasteiger partial charge in [0.05, 0.1) is 22.3 Å². The lowest BCUT2D eigenvalue weighted by Crippen LogP contribution is -2.71. The van der Waals surface area contributed by atoms with Crippen LogP contribution in [0.5, 0.6) is 0 Å². The molecular formula is C46H52N8+2. The molecule has 0 atom stereocenters. The molecule has 6 aromatic rings. The zero-order valence-corrected chi connectivity index (χ0v) is 33.8. The molecule has 1 spiro atoms. The fourth-order valence-electron chi connectivity index (χ4n) is 7.88. The number of nitrogens with zero attached hydrogens (tertiary/aromatic N) is 8. The molecule has 6 aliphatic heterocycles. The quantitative estimate of drug-likeness (QED) is 0.141. The lowest BCUT2D eigenvalue weighted by molar-refractivity contribution is -0.790. The normalized spacial score (nSPS) is 15.6. The number of rotatable bonds is 0. The van der Waals surface area contributed by atoms with Gasteiger partial charge in [-0.2, -0.15) is 9.13 Å². The molecule has 12 rings (SSSR count). The molecule has 0 radical (unpaired) electrons. The summed E-state index contributed by atoms with van der Waals surface area (Å²) in [7, 11) is 0. The van der Waals surface area contributed by atoms with Crippen molar-refractivity contribution in [3.63, 3.8) is 0 Å². The first-order chi connectivity index (χ1) is 26.4. The van der Waals surface area contributed by atoms with Gasteiger partial charge in [0, 0.05) is 21.5 Å². The smallest absolute Gasteiger partial charge is 0.192 e. The van der Waals surface area contributed by atoms with Crippen LogP contribution in [0.1, 0.15) is 105 Å². The monoisotopic (exact) mass is 716 g/mol. The van der Waals surface area contributed by atoms with Gasteiger partial charge in [-0.05, 0) is 53.9 Å². The lowest BCUT2D eigenvalue weighted by atomic mass is 10.0. The van der Waals surface area contributed by atoms with Gasteiger partial charge in [0.15, 0.2) is 0 Å². The van der Waals surface area contributed by atoms with Crippen molar-refractivity contribution in [1.82, 2.24) is 9.13 Å². The van der Waals surface area contributed by atoms with E-state index >= 15 is 0 Å². The van der Waals surface area contributed by atoms with Crippen molar-refractivity contribution in [2.75, 3.05) is 0 Å². The van der Waals surface area contributed by atoms with Crippen LogP contribution in [0, 0.1) is 5.41 Å². The fraction of sp³-hybridized carbons (Fsp3) is 0.304. The number of aromatic nitrogens is 2. The summed E-state index contributed by atoms with van der Waals surface area (Å²) < 4.78 is 9.32. The highest BCUT2D eigenvalue weighted by Gasteiger charge is 2.69. The highest BCUT2D eigenvalue weighted by molar-refractivity contribution is 6.20. The van der Waals surface area contributed by atoms with E-state index in [1.807, 2.05) is 55.4 Å². The summed E-state index contributed by atoms with van der Waals surface area (Å²) in [6, 6.07) is 34.0. The predicted molar refractivity (Wildman–Crippen MR) is 224 cm³/mol. The van der Waals surface area contributed by atoms with E-state index in [1.165, 1.54) is 0 Å². The van der Waals surface area contributed by atoms with Crippen molar-refractivity contribution in [2.24, 2.45) is 25.4 Å². The summed E-state index contributed by atoms with van der Waals surface area (Å²) in [6.45, 7) is 24.8. The van der Waals surface area contributed by atoms with E-state index in [0.29, 0.717) is 5.41 Å². The number of amidine groups is 4. The third-order valence-electron chi connectivity index (χ3n) is 9.38. The van der Waals surface area contributed by atoms with Gasteiger partial charge in [-0.25, -0.2) is 0 Å². The molecule has 4 aromatic carbocycles. The molecule has 0 saturated heterocycles. The largest absolute Gasteiger partial charge is 0.404 e. The third kappa shape index (κ3) is 4.68. The Bertz CT molecular complexity index is 2560. The Labute approximate surface area is 318 Å². The average Bonchev–Trinajstić information content (AvgIpc) is 3.93. The minimum Gasteiger partial charge on any atom is -0.192 e. The Hall–Kier alpha value is -5.76. The Balaban J connectivity index is 0.000000312. The molecule has 8 heteroatoms. The molecule has 0 bridgehead atoms. The van der Waals surface area contributed by atoms with E-state index in [4.69, 9.17) is 20.0 Å². The van der Waals surface area contributed by atoms with Gasteiger partial charge in [0.2, 0.25) is 22.6 Å². The van der Waals surface area contributed by atoms with E-state index in [1.54, 1.807) is 0 Å². The molecule has 0 unspecified atom stereocenters. The van der Waals surface area contributed by atoms with Crippen LogP contribution in [0.4, 0.5) is 11.6 Å². The molecule has 54 heavy (non-hydrogen) atoms. The number of hydrogen-bond acceptors (Lipinski definition) is 4. The van der Waals surface area contributed by atoms with Gasteiger partial charge in [0.25, 0.3) is 23.3 Å². The molecule has 2 aromatic heterocycles. The lowest BCUT2D eigenvalue weighted by Gasteiger charge is -2.40. The van der Waals surface area contributed by atoms with Gasteiger partial charge in [-0.15, -0.1) is 9.15 Å². The van der Waals surface area contributed by atoms with Crippen molar-refractivity contribution in [1.29, 1.82) is 0 Å². The van der Waals surface area contributed by atoms with Crippen molar-refractivity contribution in [3.8, 4) is 0 Å². The molecule has 274 valence electrons. The van der Waals surface area contributed by atoms with Gasteiger partial charge >= 0.3 is 5.91 Å². The Morgan fingerprint density at radius 3 is 1.11 bits per heavy atom. The number of fused-ring (bicyclic) bond motifs is 12. The molecule has 8 nitrogen and oxygen atoms in total. The average molecular weight is 717 g/mol. The van der Waals surface area contributed by atoms with Crippen LogP contribution in [0.15, 0.2) is 117 Å². The summed E-state index contributed by atoms with van der Waals surface area (Å²) in [4.78, 5) is 21.7. The SMILES string of the molecule is CC.CC.CC.CC.CC(C)(C)C.c1ccc2c(c1)C1=Nc3c4ccccc4c4n3C35n6c(c7ccccc7c6=NC6=[N+]3C(=N4)c3ccccc36)=NC2=[N+]15. The highest BCUT2D eigenvalue weighted by atomic mass is 15.7. The van der Waals surface area contributed by atoms with Gasteiger partial charge in [-0.1, -0.05) is 152 Å². The first-order valence-electron chi connectivity index (χ1n) is 19.8. The minimum absolute atomic E-state index is 0.500. The molecule has 6 aliphatic rings. The van der Waals surface area contributed by atoms with Crippen LogP contribution in [0.2, 0.25) is 0 Å². The van der Waals surface area contributed by atoms with Crippen LogP contribution >= 0.6 is 0 Å². The fourth-order valence-corrected chi connectivity index (χ4v) is 7.88. The van der Waals surface area contributed by atoms with E-state index in [9.17, 15) is 0 Å². The summed E-state index contributed by atoms with van der Waals surface area (Å²) in [6.07, 6.45) is 0. The second-order valence-corrected chi connectivity index (χ2v) is 14.2. The summed E-state index contributed by atoms with van der Waals surface area (Å²) in [5.41, 5.74) is 6.63. The second kappa shape index (κ2) is 13.6. The molecule has 0 saturated carbocycles. The number of hydrogen-bond donors (Lipinski definition) is 0. The second-order valence-electron chi connectivity index (χ2n) is 14.2. The van der Waals surface area contributed by atoms with Crippen molar-refractivity contribution in [2.45, 2.75) is 89.0 Å². The van der Waals surface area contributed by atoms with E-state index in [-0.39, 0.29) is 0 Å². The number of aliphatic imine (C=N–C) groups is 2. The van der Waals surface area contributed by atoms with Crippen LogP contribution < -0.4 is 11.0 Å². The molecule has 0 N–H and O–H groups in total. The van der Waals surface area contributed by atoms with E-state index < -0.39 is 5.91 Å². The van der Waals surface area contributed by atoms with Crippen LogP contribution in [-0.4, -0.2) is 41.6 Å². The number of benzene rings is 4. The minimum atomic E-state index is -0.923. The predicted octanol–water partition coefficient (Wildman–Crippen LogP) is 9.86. The van der Waals surface area contributed by atoms with Crippen LogP contribution in [-0.2, 0) is 5.91 Å². The molecule has 0 aliphatic carbocycles. The summed E-state index contributed by atoms with van der Waals surface area (Å²) in [5, 5.41) is 4.33. The summed E-state index contributed by atoms with van der Waals surface area (Å²) >= 11 is 0. The first-order valence-corrected chi connectivity index (χ1v) is 19.8. The molecule has 0 amide bonds. The van der Waals surface area contributed by atoms with Crippen LogP contribution in [0.3, 0.4) is 0 Å². The zero-order valence-electron chi connectivity index (χ0n) is 33.8. The standard InChI is InChI=1S/C33H16N8.C5H12.4C2H6/c1-2-10-18-17(9-1)25-34-27-19-11-3-4-12-20(19)29-36-31-23-15-7-8-16-24(23)32-37-30-22-14-6-5-13-21(22)28-35-26(18)38(25)33(39(27)29,40(28)30)41(31)32;1-5(2,3)4;4*1-2/h1-16H;1-4H3;4*1-2H3/q+2;;;;;. The van der Waals surface area contributed by atoms with E-state index in [0.717, 1.165) is 89.8 Å². The Morgan fingerprint density at radius 1 is 0.426 bits per heavy atom. The highest BCUT2D eigenvalue weighted by Crippen LogP contribution is 2.52. The van der Waals surface area contributed by atoms with Crippen molar-refractivity contribution < 1.29 is 9.15 Å². The maximum absolute atomic E-state index is 5.42. The van der Waals surface area contributed by atoms with Crippen LogP contribution in [0.25, 0.3) is 21.5 Å². The maximum atomic E-state index is 5.42. The van der Waals surface area contributed by atoms with E-state index in [2.05, 4.69) is 143 Å². The van der Waals surface area contributed by atoms with Crippen molar-refractivity contribution >= 4 is 56.5 Å². The zero-order chi connectivity index (χ0) is 38.7. The first kappa shape index (κ1) is 36.6. The molecule has 0 fully saturated rings. The van der Waals surface area contributed by atoms with Gasteiger partial charge in [-0.3, -0.25) is 0 Å². The third-order valence-corrected chi connectivity index (χ3v) is 9.38. The molecule has 8 heterocycles. The van der Waals surface area contributed by atoms with Gasteiger partial charge in [0.1, 0.15) is 0 Å². The maximum Gasteiger partial charge on any atom is 0.404 e. The summed E-state index contributed by atoms with van der Waals surface area (Å²) in [5.74, 6) is 4.46. The molecular weight excluding hydrogens is 665 g/mol. The Kier molecular flexibility index (Phi) is 9.20. The van der Waals surface area contributed by atoms with Gasteiger partial charge < -0.3 is 0 Å².